The minimum Gasteiger partial charge on any atom is -0.497 e. The number of rotatable bonds is 7. The van der Waals surface area contributed by atoms with Crippen LogP contribution in [0.4, 0.5) is 4.79 Å². The average molecular weight is 345 g/mol. The quantitative estimate of drug-likeness (QED) is 0.659. The number of amides is 3. The van der Waals surface area contributed by atoms with Crippen LogP contribution in [-0.4, -0.2) is 52.6 Å². The number of carbonyl (C=O) groups excluding carboxylic acids is 2. The third-order valence-corrected chi connectivity index (χ3v) is 4.33. The topological polar surface area (TPSA) is 112 Å². The number of methoxy groups -OCH3 is 1. The summed E-state index contributed by atoms with van der Waals surface area (Å²) in [6, 6.07) is 4.44. The summed E-state index contributed by atoms with van der Waals surface area (Å²) in [5.41, 5.74) is 1.93. The maximum atomic E-state index is 12.3. The zero-order valence-corrected chi connectivity index (χ0v) is 13.7. The zero-order chi connectivity index (χ0) is 18.0. The Balaban J connectivity index is 1.68. The lowest BCUT2D eigenvalue weighted by atomic mass is 10.1. The average Bonchev–Trinajstić information content (AvgIpc) is 3.11. The second-order valence-corrected chi connectivity index (χ2v) is 5.90. The van der Waals surface area contributed by atoms with E-state index in [9.17, 15) is 14.4 Å². The van der Waals surface area contributed by atoms with Crippen LogP contribution in [0, 0.1) is 0 Å². The fourth-order valence-electron chi connectivity index (χ4n) is 2.98. The van der Waals surface area contributed by atoms with E-state index in [1.807, 2.05) is 24.4 Å². The molecule has 1 atom stereocenters. The Bertz CT molecular complexity index is 829. The van der Waals surface area contributed by atoms with Gasteiger partial charge >= 0.3 is 12.0 Å². The summed E-state index contributed by atoms with van der Waals surface area (Å²) in [5, 5.41) is 12.2. The number of ether oxygens (including phenoxy) is 1. The highest BCUT2D eigenvalue weighted by atomic mass is 16.5. The second kappa shape index (κ2) is 6.84. The molecule has 3 rings (SSSR count). The number of nitrogens with zero attached hydrogens (tertiary/aromatic N) is 1. The Hall–Kier alpha value is -3.03. The Morgan fingerprint density at radius 2 is 2.16 bits per heavy atom. The van der Waals surface area contributed by atoms with Crippen molar-refractivity contribution in [1.82, 2.24) is 15.2 Å². The summed E-state index contributed by atoms with van der Waals surface area (Å²) < 4.78 is 5.23. The van der Waals surface area contributed by atoms with Crippen LogP contribution in [0.1, 0.15) is 18.4 Å². The fourth-order valence-corrected chi connectivity index (χ4v) is 2.98. The lowest BCUT2D eigenvalue weighted by Crippen LogP contribution is -2.33. The Labute approximate surface area is 143 Å². The van der Waals surface area contributed by atoms with E-state index in [0.717, 1.165) is 27.1 Å². The maximum Gasteiger partial charge on any atom is 0.324 e. The molecule has 0 unspecified atom stereocenters. The second-order valence-electron chi connectivity index (χ2n) is 5.90. The molecule has 0 bridgehead atoms. The number of hydrogen-bond acceptors (Lipinski definition) is 4. The van der Waals surface area contributed by atoms with Crippen LogP contribution in [0.5, 0.6) is 5.75 Å². The van der Waals surface area contributed by atoms with Crippen LogP contribution in [-0.2, 0) is 16.0 Å². The smallest absolute Gasteiger partial charge is 0.324 e. The molecule has 2 aromatic rings. The number of imide groups is 1. The lowest BCUT2D eigenvalue weighted by Gasteiger charge is -2.12. The molecule has 0 aliphatic carbocycles. The van der Waals surface area contributed by atoms with E-state index < -0.39 is 18.0 Å². The van der Waals surface area contributed by atoms with E-state index in [-0.39, 0.29) is 25.3 Å². The van der Waals surface area contributed by atoms with E-state index >= 15 is 0 Å². The SMILES string of the molecule is COc1ccc2[nH]cc(CCN3C(=O)N[C@@H](CCC(=O)O)C3=O)c2c1. The molecule has 3 amide bonds. The summed E-state index contributed by atoms with van der Waals surface area (Å²) in [7, 11) is 1.60. The minimum absolute atomic E-state index is 0.0979. The van der Waals surface area contributed by atoms with Gasteiger partial charge in [-0.15, -0.1) is 0 Å². The van der Waals surface area contributed by atoms with E-state index in [1.54, 1.807) is 7.11 Å². The predicted octanol–water partition coefficient (Wildman–Crippen LogP) is 1.50. The first-order valence-corrected chi connectivity index (χ1v) is 7.97. The first-order chi connectivity index (χ1) is 12.0. The van der Waals surface area contributed by atoms with Gasteiger partial charge < -0.3 is 20.1 Å². The molecule has 132 valence electrons. The van der Waals surface area contributed by atoms with Crippen molar-refractivity contribution in [2.75, 3.05) is 13.7 Å². The summed E-state index contributed by atoms with van der Waals surface area (Å²) in [4.78, 5) is 39.2. The van der Waals surface area contributed by atoms with Crippen molar-refractivity contribution in [3.05, 3.63) is 30.0 Å². The Morgan fingerprint density at radius 3 is 2.88 bits per heavy atom. The van der Waals surface area contributed by atoms with Crippen LogP contribution >= 0.6 is 0 Å². The molecule has 1 aliphatic heterocycles. The number of urea groups is 1. The Morgan fingerprint density at radius 1 is 1.36 bits per heavy atom. The highest BCUT2D eigenvalue weighted by Gasteiger charge is 2.37. The molecule has 25 heavy (non-hydrogen) atoms. The molecule has 1 fully saturated rings. The number of aromatic amines is 1. The zero-order valence-electron chi connectivity index (χ0n) is 13.7. The van der Waals surface area contributed by atoms with Crippen LogP contribution in [0.25, 0.3) is 10.9 Å². The summed E-state index contributed by atoms with van der Waals surface area (Å²) in [5.74, 6) is -0.631. The molecule has 0 radical (unpaired) electrons. The Kier molecular flexibility index (Phi) is 4.60. The molecule has 2 heterocycles. The van der Waals surface area contributed by atoms with Crippen molar-refractivity contribution in [3.63, 3.8) is 0 Å². The molecular weight excluding hydrogens is 326 g/mol. The highest BCUT2D eigenvalue weighted by molar-refractivity contribution is 6.04. The van der Waals surface area contributed by atoms with Crippen molar-refractivity contribution >= 4 is 28.8 Å². The number of aromatic nitrogens is 1. The van der Waals surface area contributed by atoms with Crippen LogP contribution in [0.2, 0.25) is 0 Å². The van der Waals surface area contributed by atoms with Crippen LogP contribution < -0.4 is 10.1 Å². The first-order valence-electron chi connectivity index (χ1n) is 7.97. The number of carbonyl (C=O) groups is 3. The standard InChI is InChI=1S/C17H19N3O5/c1-25-11-2-3-13-12(8-11)10(9-18-13)6-7-20-16(23)14(19-17(20)24)4-5-15(21)22/h2-3,8-9,14,18H,4-7H2,1H3,(H,19,24)(H,21,22)/t14-/m0/s1. The van der Waals surface area contributed by atoms with E-state index in [2.05, 4.69) is 10.3 Å². The number of aliphatic carboxylic acids is 1. The molecular formula is C17H19N3O5. The van der Waals surface area contributed by atoms with E-state index in [0.29, 0.717) is 6.42 Å². The molecule has 3 N–H and O–H groups in total. The van der Waals surface area contributed by atoms with Gasteiger partial charge in [0.25, 0.3) is 5.91 Å². The molecule has 8 heteroatoms. The van der Waals surface area contributed by atoms with Gasteiger partial charge in [-0.25, -0.2) is 4.79 Å². The largest absolute Gasteiger partial charge is 0.497 e. The van der Waals surface area contributed by atoms with Gasteiger partial charge in [0.15, 0.2) is 0 Å². The van der Waals surface area contributed by atoms with Gasteiger partial charge in [-0.2, -0.15) is 0 Å². The van der Waals surface area contributed by atoms with E-state index in [1.165, 1.54) is 0 Å². The molecule has 1 aliphatic rings. The molecule has 1 aromatic carbocycles. The third-order valence-electron chi connectivity index (χ3n) is 4.33. The molecule has 1 saturated heterocycles. The number of nitrogens with one attached hydrogen (secondary N) is 2. The third kappa shape index (κ3) is 3.42. The summed E-state index contributed by atoms with van der Waals surface area (Å²) >= 11 is 0. The first kappa shape index (κ1) is 16.8. The van der Waals surface area contributed by atoms with Gasteiger partial charge in [-0.3, -0.25) is 14.5 Å². The van der Waals surface area contributed by atoms with E-state index in [4.69, 9.17) is 9.84 Å². The fraction of sp³-hybridized carbons (Fsp3) is 0.353. The van der Waals surface area contributed by atoms with Crippen LogP contribution in [0.3, 0.4) is 0 Å². The van der Waals surface area contributed by atoms with Crippen molar-refractivity contribution in [3.8, 4) is 5.75 Å². The van der Waals surface area contributed by atoms with Crippen molar-refractivity contribution in [1.29, 1.82) is 0 Å². The number of carboxylic acids is 1. The van der Waals surface area contributed by atoms with Crippen molar-refractivity contribution in [2.45, 2.75) is 25.3 Å². The number of carboxylic acid groups (broad SMARTS) is 1. The van der Waals surface area contributed by atoms with Gasteiger partial charge in [0.2, 0.25) is 0 Å². The van der Waals surface area contributed by atoms with Crippen molar-refractivity contribution in [2.24, 2.45) is 0 Å². The number of fused-ring (bicyclic) bond motifs is 1. The van der Waals surface area contributed by atoms with Gasteiger partial charge in [0.05, 0.1) is 7.11 Å². The van der Waals surface area contributed by atoms with Crippen LogP contribution in [0.15, 0.2) is 24.4 Å². The van der Waals surface area contributed by atoms with Gasteiger partial charge in [0.1, 0.15) is 11.8 Å². The molecule has 1 aromatic heterocycles. The van der Waals surface area contributed by atoms with Gasteiger partial charge in [0, 0.05) is 30.1 Å². The summed E-state index contributed by atoms with van der Waals surface area (Å²) in [6.45, 7) is 0.235. The highest BCUT2D eigenvalue weighted by Crippen LogP contribution is 2.24. The van der Waals surface area contributed by atoms with Crippen molar-refractivity contribution < 1.29 is 24.2 Å². The summed E-state index contributed by atoms with van der Waals surface area (Å²) in [6.07, 6.45) is 2.29. The van der Waals surface area contributed by atoms with Gasteiger partial charge in [-0.05, 0) is 36.6 Å². The van der Waals surface area contributed by atoms with Gasteiger partial charge in [-0.1, -0.05) is 0 Å². The molecule has 0 spiro atoms. The molecule has 0 saturated carbocycles. The number of benzene rings is 1. The number of H-pyrrole nitrogens is 1. The maximum absolute atomic E-state index is 12.3. The lowest BCUT2D eigenvalue weighted by molar-refractivity contribution is -0.137. The number of hydrogen-bond donors (Lipinski definition) is 3. The molecule has 8 nitrogen and oxygen atoms in total. The predicted molar refractivity (Wildman–Crippen MR) is 89.5 cm³/mol. The normalized spacial score (nSPS) is 17.2. The monoisotopic (exact) mass is 345 g/mol. The minimum atomic E-state index is -0.992.